The molecule has 29 heavy (non-hydrogen) atoms. The summed E-state index contributed by atoms with van der Waals surface area (Å²) >= 11 is 0. The van der Waals surface area contributed by atoms with E-state index in [-0.39, 0.29) is 0 Å². The third kappa shape index (κ3) is 6.71. The van der Waals surface area contributed by atoms with Crippen LogP contribution in [0.25, 0.3) is 0 Å². The topological polar surface area (TPSA) is 40.1 Å². The molecule has 2 fully saturated rings. The smallest absolute Gasteiger partial charge is 0.193 e. The van der Waals surface area contributed by atoms with E-state index in [4.69, 9.17) is 4.74 Å². The highest BCUT2D eigenvalue weighted by Crippen LogP contribution is 2.22. The lowest BCUT2D eigenvalue weighted by atomic mass is 9.91. The Labute approximate surface area is 177 Å². The van der Waals surface area contributed by atoms with Gasteiger partial charge in [-0.15, -0.1) is 0 Å². The predicted octanol–water partition coefficient (Wildman–Crippen LogP) is 3.74. The maximum Gasteiger partial charge on any atom is 0.193 e. The highest BCUT2D eigenvalue weighted by Gasteiger charge is 2.22. The molecule has 1 N–H and O–H groups in total. The molecule has 1 aromatic rings. The summed E-state index contributed by atoms with van der Waals surface area (Å²) in [5.41, 5.74) is 2.72. The molecule has 2 heterocycles. The maximum atomic E-state index is 5.76. The number of piperidine rings is 2. The highest BCUT2D eigenvalue weighted by molar-refractivity contribution is 5.79. The van der Waals surface area contributed by atoms with Crippen molar-refractivity contribution >= 4 is 5.96 Å². The average Bonchev–Trinajstić information content (AvgIpc) is 2.70. The first-order valence-electron chi connectivity index (χ1n) is 11.4. The van der Waals surface area contributed by atoms with Crippen molar-refractivity contribution < 1.29 is 4.74 Å². The summed E-state index contributed by atoms with van der Waals surface area (Å²) in [4.78, 5) is 9.45. The van der Waals surface area contributed by atoms with Gasteiger partial charge in [-0.3, -0.25) is 9.89 Å². The van der Waals surface area contributed by atoms with Crippen LogP contribution < -0.4 is 5.32 Å². The molecule has 0 aliphatic carbocycles. The van der Waals surface area contributed by atoms with Crippen LogP contribution in [0.15, 0.2) is 29.3 Å². The summed E-state index contributed by atoms with van der Waals surface area (Å²) in [6, 6.07) is 9.09. The molecule has 5 heteroatoms. The van der Waals surface area contributed by atoms with Crippen LogP contribution in [0.2, 0.25) is 0 Å². The van der Waals surface area contributed by atoms with E-state index in [1.54, 1.807) is 0 Å². The largest absolute Gasteiger partial charge is 0.378 e. The number of benzene rings is 1. The van der Waals surface area contributed by atoms with Crippen molar-refractivity contribution in [2.75, 3.05) is 39.8 Å². The predicted molar refractivity (Wildman–Crippen MR) is 121 cm³/mol. The minimum Gasteiger partial charge on any atom is -0.378 e. The SMILES string of the molecule is CCOC1CCN(C(=NC)NCc2ccc(CN3CC(C)CC(C)C3)cc2)CC1. The third-order valence-electron chi connectivity index (χ3n) is 6.18. The summed E-state index contributed by atoms with van der Waals surface area (Å²) in [6.07, 6.45) is 3.94. The second-order valence-corrected chi connectivity index (χ2v) is 9.00. The lowest BCUT2D eigenvalue weighted by Crippen LogP contribution is -2.46. The molecule has 2 unspecified atom stereocenters. The van der Waals surface area contributed by atoms with E-state index in [0.717, 1.165) is 63.4 Å². The fourth-order valence-corrected chi connectivity index (χ4v) is 4.93. The van der Waals surface area contributed by atoms with Crippen molar-refractivity contribution in [2.45, 2.75) is 59.2 Å². The highest BCUT2D eigenvalue weighted by atomic mass is 16.5. The van der Waals surface area contributed by atoms with E-state index in [1.807, 2.05) is 7.05 Å². The molecule has 0 bridgehead atoms. The van der Waals surface area contributed by atoms with Crippen LogP contribution in [0, 0.1) is 11.8 Å². The number of guanidine groups is 1. The summed E-state index contributed by atoms with van der Waals surface area (Å²) < 4.78 is 5.76. The van der Waals surface area contributed by atoms with E-state index in [1.165, 1.54) is 30.6 Å². The molecule has 2 aliphatic rings. The molecule has 0 saturated carbocycles. The van der Waals surface area contributed by atoms with Gasteiger partial charge in [0.05, 0.1) is 6.10 Å². The minimum atomic E-state index is 0.410. The van der Waals surface area contributed by atoms with Gasteiger partial charge in [0.2, 0.25) is 0 Å². The Balaban J connectivity index is 1.45. The van der Waals surface area contributed by atoms with Crippen LogP contribution in [0.1, 0.15) is 51.2 Å². The zero-order valence-corrected chi connectivity index (χ0v) is 18.9. The van der Waals surface area contributed by atoms with Gasteiger partial charge in [0.1, 0.15) is 0 Å². The third-order valence-corrected chi connectivity index (χ3v) is 6.18. The number of rotatable bonds is 6. The van der Waals surface area contributed by atoms with Gasteiger partial charge in [-0.2, -0.15) is 0 Å². The summed E-state index contributed by atoms with van der Waals surface area (Å²) in [5, 5.41) is 3.54. The Morgan fingerprint density at radius 2 is 1.69 bits per heavy atom. The first-order valence-corrected chi connectivity index (χ1v) is 11.4. The molecular weight excluding hydrogens is 360 g/mol. The summed E-state index contributed by atoms with van der Waals surface area (Å²) in [5.74, 6) is 2.63. The minimum absolute atomic E-state index is 0.410. The lowest BCUT2D eigenvalue weighted by molar-refractivity contribution is 0.0263. The van der Waals surface area contributed by atoms with Crippen LogP contribution >= 0.6 is 0 Å². The molecule has 2 atom stereocenters. The number of aliphatic imine (C=N–C) groups is 1. The van der Waals surface area contributed by atoms with E-state index in [2.05, 4.69) is 65.1 Å². The summed E-state index contributed by atoms with van der Waals surface area (Å²) in [7, 11) is 1.88. The number of nitrogens with zero attached hydrogens (tertiary/aromatic N) is 3. The van der Waals surface area contributed by atoms with Gasteiger partial charge in [-0.1, -0.05) is 38.1 Å². The van der Waals surface area contributed by atoms with Crippen molar-refractivity contribution in [3.8, 4) is 0 Å². The second-order valence-electron chi connectivity index (χ2n) is 9.00. The van der Waals surface area contributed by atoms with Crippen LogP contribution in [-0.4, -0.2) is 61.7 Å². The van der Waals surface area contributed by atoms with Crippen LogP contribution in [0.5, 0.6) is 0 Å². The first kappa shape index (κ1) is 22.1. The number of likely N-dealkylation sites (tertiary alicyclic amines) is 2. The van der Waals surface area contributed by atoms with Crippen LogP contribution in [0.3, 0.4) is 0 Å². The maximum absolute atomic E-state index is 5.76. The monoisotopic (exact) mass is 400 g/mol. The van der Waals surface area contributed by atoms with Crippen molar-refractivity contribution in [3.63, 3.8) is 0 Å². The zero-order valence-electron chi connectivity index (χ0n) is 18.9. The molecule has 3 rings (SSSR count). The molecule has 0 aromatic heterocycles. The summed E-state index contributed by atoms with van der Waals surface area (Å²) in [6.45, 7) is 14.0. The van der Waals surface area contributed by atoms with E-state index < -0.39 is 0 Å². The Hall–Kier alpha value is -1.59. The Morgan fingerprint density at radius 1 is 1.07 bits per heavy atom. The van der Waals surface area contributed by atoms with E-state index in [9.17, 15) is 0 Å². The standard InChI is InChI=1S/C24H40N4O/c1-5-29-23-10-12-28(13-11-23)24(25-4)26-15-21-6-8-22(9-7-21)18-27-16-19(2)14-20(3)17-27/h6-9,19-20,23H,5,10-18H2,1-4H3,(H,25,26). The van der Waals surface area contributed by atoms with Crippen molar-refractivity contribution in [1.82, 2.24) is 15.1 Å². The van der Waals surface area contributed by atoms with Crippen LogP contribution in [-0.2, 0) is 17.8 Å². The average molecular weight is 401 g/mol. The second kappa shape index (κ2) is 11.0. The van der Waals surface area contributed by atoms with Gasteiger partial charge in [0.15, 0.2) is 5.96 Å². The Bertz CT molecular complexity index is 627. The van der Waals surface area contributed by atoms with Gasteiger partial charge in [-0.25, -0.2) is 0 Å². The molecular formula is C24H40N4O. The number of nitrogens with one attached hydrogen (secondary N) is 1. The van der Waals surface area contributed by atoms with Crippen molar-refractivity contribution in [2.24, 2.45) is 16.8 Å². The van der Waals surface area contributed by atoms with Gasteiger partial charge < -0.3 is 15.0 Å². The molecule has 2 saturated heterocycles. The molecule has 0 amide bonds. The van der Waals surface area contributed by atoms with Gasteiger partial charge in [0.25, 0.3) is 0 Å². The van der Waals surface area contributed by atoms with Crippen LogP contribution in [0.4, 0.5) is 0 Å². The molecule has 0 spiro atoms. The quantitative estimate of drug-likeness (QED) is 0.583. The zero-order chi connectivity index (χ0) is 20.6. The van der Waals surface area contributed by atoms with Gasteiger partial charge in [0, 0.05) is 52.9 Å². The van der Waals surface area contributed by atoms with Gasteiger partial charge >= 0.3 is 0 Å². The Morgan fingerprint density at radius 3 is 2.28 bits per heavy atom. The molecule has 162 valence electrons. The van der Waals surface area contributed by atoms with Crippen molar-refractivity contribution in [3.05, 3.63) is 35.4 Å². The van der Waals surface area contributed by atoms with E-state index >= 15 is 0 Å². The molecule has 2 aliphatic heterocycles. The van der Waals surface area contributed by atoms with Crippen molar-refractivity contribution in [1.29, 1.82) is 0 Å². The molecule has 5 nitrogen and oxygen atoms in total. The fraction of sp³-hybridized carbons (Fsp3) is 0.708. The lowest BCUT2D eigenvalue weighted by Gasteiger charge is -2.35. The Kier molecular flexibility index (Phi) is 8.37. The molecule has 1 aromatic carbocycles. The molecule has 0 radical (unpaired) electrons. The number of hydrogen-bond donors (Lipinski definition) is 1. The first-order chi connectivity index (χ1) is 14.1. The van der Waals surface area contributed by atoms with E-state index in [0.29, 0.717) is 6.10 Å². The normalized spacial score (nSPS) is 24.7. The number of ether oxygens (including phenoxy) is 1. The fourth-order valence-electron chi connectivity index (χ4n) is 4.93. The number of hydrogen-bond acceptors (Lipinski definition) is 3. The van der Waals surface area contributed by atoms with Gasteiger partial charge in [-0.05, 0) is 49.1 Å².